The standard InChI is InChI=1S/C19H22O/c1-19(2)11-9-15(10-12-19)18(20)17-8-7-14-5-3-4-6-16(14)13-17/h3-8,13,15H,9-12H2,1-2H3. The molecular formula is C19H22O. The van der Waals surface area contributed by atoms with Crippen LogP contribution in [0.15, 0.2) is 42.5 Å². The number of carbonyl (C=O) groups is 1. The van der Waals surface area contributed by atoms with E-state index in [4.69, 9.17) is 0 Å². The largest absolute Gasteiger partial charge is 0.294 e. The molecule has 104 valence electrons. The summed E-state index contributed by atoms with van der Waals surface area (Å²) < 4.78 is 0. The van der Waals surface area contributed by atoms with Gasteiger partial charge in [-0.2, -0.15) is 0 Å². The molecular weight excluding hydrogens is 244 g/mol. The van der Waals surface area contributed by atoms with Crippen LogP contribution in [0.3, 0.4) is 0 Å². The summed E-state index contributed by atoms with van der Waals surface area (Å²) in [4.78, 5) is 12.7. The Morgan fingerprint density at radius 3 is 2.35 bits per heavy atom. The lowest BCUT2D eigenvalue weighted by Gasteiger charge is -2.33. The second kappa shape index (κ2) is 5.05. The third-order valence-corrected chi connectivity index (χ3v) is 4.74. The summed E-state index contributed by atoms with van der Waals surface area (Å²) in [5, 5.41) is 2.36. The van der Waals surface area contributed by atoms with Crippen LogP contribution in [0.1, 0.15) is 49.9 Å². The first-order chi connectivity index (χ1) is 9.55. The number of ketones is 1. The molecule has 0 saturated heterocycles. The fraction of sp³-hybridized carbons (Fsp3) is 0.421. The second-order valence-corrected chi connectivity index (χ2v) is 6.86. The van der Waals surface area contributed by atoms with Crippen LogP contribution in [0.4, 0.5) is 0 Å². The number of benzene rings is 2. The molecule has 0 bridgehead atoms. The van der Waals surface area contributed by atoms with E-state index in [-0.39, 0.29) is 5.92 Å². The molecule has 20 heavy (non-hydrogen) atoms. The molecule has 1 aliphatic carbocycles. The minimum absolute atomic E-state index is 0.226. The monoisotopic (exact) mass is 266 g/mol. The molecule has 0 spiro atoms. The highest BCUT2D eigenvalue weighted by atomic mass is 16.1. The molecule has 2 aromatic rings. The highest BCUT2D eigenvalue weighted by molar-refractivity contribution is 6.01. The summed E-state index contributed by atoms with van der Waals surface area (Å²) in [6, 6.07) is 14.3. The van der Waals surface area contributed by atoms with E-state index < -0.39 is 0 Å². The molecule has 1 aliphatic rings. The minimum Gasteiger partial charge on any atom is -0.294 e. The number of fused-ring (bicyclic) bond motifs is 1. The quantitative estimate of drug-likeness (QED) is 0.679. The van der Waals surface area contributed by atoms with Crippen molar-refractivity contribution in [2.75, 3.05) is 0 Å². The first-order valence-electron chi connectivity index (χ1n) is 7.58. The van der Waals surface area contributed by atoms with Gasteiger partial charge in [-0.15, -0.1) is 0 Å². The highest BCUT2D eigenvalue weighted by Gasteiger charge is 2.30. The van der Waals surface area contributed by atoms with Gasteiger partial charge >= 0.3 is 0 Å². The predicted octanol–water partition coefficient (Wildman–Crippen LogP) is 5.24. The van der Waals surface area contributed by atoms with E-state index in [0.717, 1.165) is 36.6 Å². The van der Waals surface area contributed by atoms with E-state index >= 15 is 0 Å². The maximum atomic E-state index is 12.7. The van der Waals surface area contributed by atoms with Crippen molar-refractivity contribution in [1.82, 2.24) is 0 Å². The normalized spacial score (nSPS) is 19.1. The maximum Gasteiger partial charge on any atom is 0.165 e. The smallest absolute Gasteiger partial charge is 0.165 e. The van der Waals surface area contributed by atoms with Crippen molar-refractivity contribution >= 4 is 16.6 Å². The van der Waals surface area contributed by atoms with Crippen molar-refractivity contribution < 1.29 is 4.79 Å². The summed E-state index contributed by atoms with van der Waals surface area (Å²) in [7, 11) is 0. The third kappa shape index (κ3) is 2.63. The van der Waals surface area contributed by atoms with Crippen LogP contribution in [0.2, 0.25) is 0 Å². The lowest BCUT2D eigenvalue weighted by Crippen LogP contribution is -2.26. The molecule has 0 amide bonds. The molecule has 1 nitrogen and oxygen atoms in total. The van der Waals surface area contributed by atoms with Crippen LogP contribution in [0, 0.1) is 11.3 Å². The molecule has 1 saturated carbocycles. The van der Waals surface area contributed by atoms with E-state index in [2.05, 4.69) is 38.1 Å². The van der Waals surface area contributed by atoms with E-state index in [9.17, 15) is 4.79 Å². The average Bonchev–Trinajstić information content (AvgIpc) is 2.46. The van der Waals surface area contributed by atoms with Gasteiger partial charge in [-0.1, -0.05) is 50.2 Å². The van der Waals surface area contributed by atoms with Crippen molar-refractivity contribution in [1.29, 1.82) is 0 Å². The number of Topliss-reactive ketones (excluding diaryl/α,β-unsaturated/α-hetero) is 1. The minimum atomic E-state index is 0.226. The summed E-state index contributed by atoms with van der Waals surface area (Å²) in [6.07, 6.45) is 4.41. The van der Waals surface area contributed by atoms with E-state index in [1.165, 1.54) is 5.39 Å². The van der Waals surface area contributed by atoms with Crippen molar-refractivity contribution in [3.05, 3.63) is 48.0 Å². The van der Waals surface area contributed by atoms with Crippen LogP contribution in [-0.4, -0.2) is 5.78 Å². The van der Waals surface area contributed by atoms with Crippen molar-refractivity contribution in [3.8, 4) is 0 Å². The van der Waals surface area contributed by atoms with Crippen molar-refractivity contribution in [2.24, 2.45) is 11.3 Å². The van der Waals surface area contributed by atoms with Crippen molar-refractivity contribution in [3.63, 3.8) is 0 Å². The zero-order valence-electron chi connectivity index (χ0n) is 12.4. The van der Waals surface area contributed by atoms with Gasteiger partial charge in [-0.05, 0) is 47.9 Å². The van der Waals surface area contributed by atoms with Crippen LogP contribution >= 0.6 is 0 Å². The van der Waals surface area contributed by atoms with Crippen LogP contribution in [0.5, 0.6) is 0 Å². The molecule has 2 aromatic carbocycles. The maximum absolute atomic E-state index is 12.7. The Morgan fingerprint density at radius 2 is 1.65 bits per heavy atom. The molecule has 0 aromatic heterocycles. The topological polar surface area (TPSA) is 17.1 Å². The molecule has 0 atom stereocenters. The molecule has 1 heteroatoms. The molecule has 3 rings (SSSR count). The van der Waals surface area contributed by atoms with Gasteiger partial charge in [0.1, 0.15) is 0 Å². The molecule has 0 N–H and O–H groups in total. The SMILES string of the molecule is CC1(C)CCC(C(=O)c2ccc3ccccc3c2)CC1. The predicted molar refractivity (Wildman–Crippen MR) is 84.0 cm³/mol. The second-order valence-electron chi connectivity index (χ2n) is 6.86. The Hall–Kier alpha value is -1.63. The van der Waals surface area contributed by atoms with E-state index in [1.54, 1.807) is 0 Å². The Balaban J connectivity index is 1.82. The Morgan fingerprint density at radius 1 is 1.00 bits per heavy atom. The highest BCUT2D eigenvalue weighted by Crippen LogP contribution is 2.39. The average molecular weight is 266 g/mol. The van der Waals surface area contributed by atoms with Gasteiger partial charge in [-0.3, -0.25) is 4.79 Å². The number of carbonyl (C=O) groups excluding carboxylic acids is 1. The van der Waals surface area contributed by atoms with E-state index in [1.807, 2.05) is 18.2 Å². The number of rotatable bonds is 2. The fourth-order valence-corrected chi connectivity index (χ4v) is 3.24. The van der Waals surface area contributed by atoms with Gasteiger partial charge in [0.25, 0.3) is 0 Å². The summed E-state index contributed by atoms with van der Waals surface area (Å²) in [6.45, 7) is 4.62. The zero-order valence-corrected chi connectivity index (χ0v) is 12.4. The van der Waals surface area contributed by atoms with Gasteiger partial charge in [-0.25, -0.2) is 0 Å². The molecule has 1 fully saturated rings. The number of hydrogen-bond donors (Lipinski definition) is 0. The first kappa shape index (κ1) is 13.4. The summed E-state index contributed by atoms with van der Waals surface area (Å²) >= 11 is 0. The Kier molecular flexibility index (Phi) is 3.37. The molecule has 0 unspecified atom stereocenters. The number of hydrogen-bond acceptors (Lipinski definition) is 1. The van der Waals surface area contributed by atoms with Gasteiger partial charge < -0.3 is 0 Å². The van der Waals surface area contributed by atoms with Gasteiger partial charge in [0, 0.05) is 11.5 Å². The Bertz CT molecular complexity index is 629. The van der Waals surface area contributed by atoms with E-state index in [0.29, 0.717) is 11.2 Å². The lowest BCUT2D eigenvalue weighted by atomic mass is 9.71. The van der Waals surface area contributed by atoms with Gasteiger partial charge in [0.15, 0.2) is 5.78 Å². The molecule has 0 heterocycles. The molecule has 0 radical (unpaired) electrons. The zero-order chi connectivity index (χ0) is 14.2. The van der Waals surface area contributed by atoms with Gasteiger partial charge in [0.2, 0.25) is 0 Å². The van der Waals surface area contributed by atoms with Crippen molar-refractivity contribution in [2.45, 2.75) is 39.5 Å². The van der Waals surface area contributed by atoms with Crippen LogP contribution < -0.4 is 0 Å². The first-order valence-corrected chi connectivity index (χ1v) is 7.58. The fourth-order valence-electron chi connectivity index (χ4n) is 3.24. The molecule has 0 aliphatic heterocycles. The van der Waals surface area contributed by atoms with Crippen LogP contribution in [-0.2, 0) is 0 Å². The third-order valence-electron chi connectivity index (χ3n) is 4.74. The van der Waals surface area contributed by atoms with Crippen LogP contribution in [0.25, 0.3) is 10.8 Å². The Labute approximate surface area is 121 Å². The summed E-state index contributed by atoms with van der Waals surface area (Å²) in [5.74, 6) is 0.565. The van der Waals surface area contributed by atoms with Gasteiger partial charge in [0.05, 0.1) is 0 Å². The summed E-state index contributed by atoms with van der Waals surface area (Å²) in [5.41, 5.74) is 1.30. The lowest BCUT2D eigenvalue weighted by molar-refractivity contribution is 0.0838.